The van der Waals surface area contributed by atoms with E-state index in [0.29, 0.717) is 6.42 Å². The molecule has 0 saturated carbocycles. The van der Waals surface area contributed by atoms with Crippen LogP contribution in [0.3, 0.4) is 0 Å². The van der Waals surface area contributed by atoms with Gasteiger partial charge in [-0.3, -0.25) is 4.79 Å². The normalized spacial score (nSPS) is 10.5. The molecule has 0 unspecified atom stereocenters. The van der Waals surface area contributed by atoms with Gasteiger partial charge in [-0.1, -0.05) is 58.7 Å². The molecule has 2 aromatic carbocycles. The molecule has 0 aliphatic heterocycles. The SMILES string of the molecule is CCC(=O)c1ccc(-c2ccc(Cl)cc2)c(CBr)c1. The number of halogens is 2. The van der Waals surface area contributed by atoms with E-state index < -0.39 is 0 Å². The van der Waals surface area contributed by atoms with E-state index in [1.165, 1.54) is 0 Å². The molecule has 0 spiro atoms. The number of rotatable bonds is 4. The van der Waals surface area contributed by atoms with Crippen molar-refractivity contribution in [1.82, 2.24) is 0 Å². The largest absolute Gasteiger partial charge is 0.294 e. The maximum Gasteiger partial charge on any atom is 0.162 e. The number of benzene rings is 2. The van der Waals surface area contributed by atoms with Gasteiger partial charge < -0.3 is 0 Å². The van der Waals surface area contributed by atoms with Crippen LogP contribution in [-0.2, 0) is 5.33 Å². The summed E-state index contributed by atoms with van der Waals surface area (Å²) in [7, 11) is 0. The predicted octanol–water partition coefficient (Wildman–Crippen LogP) is 5.49. The zero-order valence-electron chi connectivity index (χ0n) is 10.6. The standard InChI is InChI=1S/C16H14BrClO/c1-2-16(19)12-5-8-15(13(9-12)10-17)11-3-6-14(18)7-4-11/h3-9H,2,10H2,1H3. The fourth-order valence-electron chi connectivity index (χ4n) is 1.99. The van der Waals surface area contributed by atoms with Crippen LogP contribution in [0, 0.1) is 0 Å². The van der Waals surface area contributed by atoms with Crippen molar-refractivity contribution >= 4 is 33.3 Å². The fraction of sp³-hybridized carbons (Fsp3) is 0.188. The third kappa shape index (κ3) is 3.26. The number of carbonyl (C=O) groups is 1. The lowest BCUT2D eigenvalue weighted by molar-refractivity contribution is 0.0988. The van der Waals surface area contributed by atoms with Gasteiger partial charge in [-0.05, 0) is 34.9 Å². The topological polar surface area (TPSA) is 17.1 Å². The van der Waals surface area contributed by atoms with Gasteiger partial charge >= 0.3 is 0 Å². The first-order chi connectivity index (χ1) is 9.15. The van der Waals surface area contributed by atoms with Crippen LogP contribution in [0.4, 0.5) is 0 Å². The molecule has 0 aliphatic rings. The van der Waals surface area contributed by atoms with Gasteiger partial charge in [0.2, 0.25) is 0 Å². The average molecular weight is 338 g/mol. The zero-order valence-corrected chi connectivity index (χ0v) is 13.0. The second-order valence-corrected chi connectivity index (χ2v) is 5.29. The summed E-state index contributed by atoms with van der Waals surface area (Å²) < 4.78 is 0. The molecular weight excluding hydrogens is 324 g/mol. The Bertz CT molecular complexity index is 590. The van der Waals surface area contributed by atoms with E-state index in [9.17, 15) is 4.79 Å². The van der Waals surface area contributed by atoms with Gasteiger partial charge in [0.05, 0.1) is 0 Å². The predicted molar refractivity (Wildman–Crippen MR) is 84.1 cm³/mol. The number of Topliss-reactive ketones (excluding diaryl/α,β-unsaturated/α-hetero) is 1. The molecule has 2 rings (SSSR count). The second kappa shape index (κ2) is 6.36. The summed E-state index contributed by atoms with van der Waals surface area (Å²) >= 11 is 9.39. The van der Waals surface area contributed by atoms with Crippen LogP contribution in [0.25, 0.3) is 11.1 Å². The van der Waals surface area contributed by atoms with E-state index in [-0.39, 0.29) is 5.78 Å². The van der Waals surface area contributed by atoms with E-state index in [4.69, 9.17) is 11.6 Å². The van der Waals surface area contributed by atoms with Crippen molar-refractivity contribution in [3.05, 3.63) is 58.6 Å². The number of alkyl halides is 1. The Morgan fingerprint density at radius 1 is 1.16 bits per heavy atom. The Labute approximate surface area is 126 Å². The number of carbonyl (C=O) groups excluding carboxylic acids is 1. The highest BCUT2D eigenvalue weighted by Crippen LogP contribution is 2.28. The molecule has 1 nitrogen and oxygen atoms in total. The fourth-order valence-corrected chi connectivity index (χ4v) is 2.58. The molecule has 0 N–H and O–H groups in total. The van der Waals surface area contributed by atoms with Crippen molar-refractivity contribution in [2.75, 3.05) is 0 Å². The third-order valence-electron chi connectivity index (χ3n) is 3.05. The highest BCUT2D eigenvalue weighted by molar-refractivity contribution is 9.08. The average Bonchev–Trinajstić information content (AvgIpc) is 2.46. The number of ketones is 1. The molecule has 0 heterocycles. The molecule has 0 fully saturated rings. The Kier molecular flexibility index (Phi) is 4.78. The summed E-state index contributed by atoms with van der Waals surface area (Å²) in [6, 6.07) is 13.6. The molecule has 0 aliphatic carbocycles. The maximum atomic E-state index is 11.7. The second-order valence-electron chi connectivity index (χ2n) is 4.29. The lowest BCUT2D eigenvalue weighted by atomic mass is 9.97. The molecule has 0 saturated heterocycles. The number of hydrogen-bond acceptors (Lipinski definition) is 1. The van der Waals surface area contributed by atoms with Crippen LogP contribution in [0.15, 0.2) is 42.5 Å². The lowest BCUT2D eigenvalue weighted by Crippen LogP contribution is -1.98. The molecule has 0 bridgehead atoms. The van der Waals surface area contributed by atoms with E-state index >= 15 is 0 Å². The minimum absolute atomic E-state index is 0.171. The van der Waals surface area contributed by atoms with Gasteiger partial charge in [0.15, 0.2) is 5.78 Å². The van der Waals surface area contributed by atoms with Crippen molar-refractivity contribution in [1.29, 1.82) is 0 Å². The summed E-state index contributed by atoms with van der Waals surface area (Å²) in [5, 5.41) is 1.44. The highest BCUT2D eigenvalue weighted by Gasteiger charge is 2.09. The van der Waals surface area contributed by atoms with E-state index in [0.717, 1.165) is 32.6 Å². The van der Waals surface area contributed by atoms with E-state index in [1.54, 1.807) is 0 Å². The van der Waals surface area contributed by atoms with Crippen molar-refractivity contribution in [3.63, 3.8) is 0 Å². The van der Waals surface area contributed by atoms with Gasteiger partial charge in [0.1, 0.15) is 0 Å². The minimum atomic E-state index is 0.171. The van der Waals surface area contributed by atoms with E-state index in [1.807, 2.05) is 49.4 Å². The number of hydrogen-bond donors (Lipinski definition) is 0. The van der Waals surface area contributed by atoms with Gasteiger partial charge in [0, 0.05) is 22.3 Å². The van der Waals surface area contributed by atoms with Crippen molar-refractivity contribution < 1.29 is 4.79 Å². The van der Waals surface area contributed by atoms with Crippen LogP contribution < -0.4 is 0 Å². The molecule has 98 valence electrons. The first-order valence-electron chi connectivity index (χ1n) is 6.13. The maximum absolute atomic E-state index is 11.7. The van der Waals surface area contributed by atoms with Crippen LogP contribution in [0.5, 0.6) is 0 Å². The monoisotopic (exact) mass is 336 g/mol. The Balaban J connectivity index is 2.46. The van der Waals surface area contributed by atoms with Gasteiger partial charge in [-0.2, -0.15) is 0 Å². The van der Waals surface area contributed by atoms with Gasteiger partial charge in [-0.15, -0.1) is 0 Å². The van der Waals surface area contributed by atoms with Crippen LogP contribution >= 0.6 is 27.5 Å². The molecule has 0 atom stereocenters. The molecule has 2 aromatic rings. The van der Waals surface area contributed by atoms with Crippen LogP contribution in [0.2, 0.25) is 5.02 Å². The third-order valence-corrected chi connectivity index (χ3v) is 3.90. The van der Waals surface area contributed by atoms with Crippen LogP contribution in [0.1, 0.15) is 29.3 Å². The Hall–Kier alpha value is -1.12. The van der Waals surface area contributed by atoms with Crippen molar-refractivity contribution in [3.8, 4) is 11.1 Å². The first-order valence-corrected chi connectivity index (χ1v) is 7.63. The Morgan fingerprint density at radius 3 is 2.42 bits per heavy atom. The van der Waals surface area contributed by atoms with Crippen molar-refractivity contribution in [2.24, 2.45) is 0 Å². The van der Waals surface area contributed by atoms with Gasteiger partial charge in [-0.25, -0.2) is 0 Å². The highest BCUT2D eigenvalue weighted by atomic mass is 79.9. The summed E-state index contributed by atoms with van der Waals surface area (Å²) in [5.74, 6) is 0.171. The smallest absolute Gasteiger partial charge is 0.162 e. The zero-order chi connectivity index (χ0) is 13.8. The van der Waals surface area contributed by atoms with Crippen LogP contribution in [-0.4, -0.2) is 5.78 Å². The lowest BCUT2D eigenvalue weighted by Gasteiger charge is -2.10. The molecular formula is C16H14BrClO. The summed E-state index contributed by atoms with van der Waals surface area (Å²) in [6.07, 6.45) is 0.530. The molecule has 0 amide bonds. The minimum Gasteiger partial charge on any atom is -0.294 e. The summed E-state index contributed by atoms with van der Waals surface area (Å²) in [5.41, 5.74) is 4.12. The molecule has 19 heavy (non-hydrogen) atoms. The van der Waals surface area contributed by atoms with Gasteiger partial charge in [0.25, 0.3) is 0 Å². The summed E-state index contributed by atoms with van der Waals surface area (Å²) in [6.45, 7) is 1.88. The summed E-state index contributed by atoms with van der Waals surface area (Å²) in [4.78, 5) is 11.7. The Morgan fingerprint density at radius 2 is 1.84 bits per heavy atom. The molecule has 0 aromatic heterocycles. The molecule has 0 radical (unpaired) electrons. The van der Waals surface area contributed by atoms with Crippen molar-refractivity contribution in [2.45, 2.75) is 18.7 Å². The molecule has 3 heteroatoms. The van der Waals surface area contributed by atoms with E-state index in [2.05, 4.69) is 15.9 Å². The quantitative estimate of drug-likeness (QED) is 0.532. The first kappa shape index (κ1) is 14.3.